The normalized spacial score (nSPS) is 16.3. The SMILES string of the molecule is CNC(=O)CCC(C=O)c1noc2ccc3cc(NC(=O)CN4CCN(CCOc5ccc(N6C(=S)N(c7ccc(C#N)c(C(F)(F)F)c7)C(=O)C6(C)C)cc5F)CC4)ccc3c12. The molecule has 1 aromatic heterocycles. The van der Waals surface area contributed by atoms with Crippen molar-refractivity contribution in [3.63, 3.8) is 0 Å². The van der Waals surface area contributed by atoms with Crippen molar-refractivity contribution in [2.75, 3.05) is 68.0 Å². The van der Waals surface area contributed by atoms with Crippen LogP contribution in [0.15, 0.2) is 71.3 Å². The number of amides is 3. The molecule has 4 aromatic carbocycles. The Morgan fingerprint density at radius 1 is 1.02 bits per heavy atom. The van der Waals surface area contributed by atoms with E-state index in [0.29, 0.717) is 61.1 Å². The molecule has 328 valence electrons. The second-order valence-corrected chi connectivity index (χ2v) is 16.0. The molecule has 0 saturated carbocycles. The maximum atomic E-state index is 15.5. The minimum Gasteiger partial charge on any atom is -0.489 e. The Hall–Kier alpha value is -6.49. The van der Waals surface area contributed by atoms with Gasteiger partial charge in [-0.3, -0.25) is 29.1 Å². The number of carbonyl (C=O) groups is 4. The second kappa shape index (κ2) is 18.1. The number of hydrogen-bond donors (Lipinski definition) is 2. The number of alkyl halides is 3. The van der Waals surface area contributed by atoms with Crippen LogP contribution >= 0.6 is 12.2 Å². The monoisotopic (exact) mass is 886 g/mol. The molecule has 2 fully saturated rings. The lowest BCUT2D eigenvalue weighted by atomic mass is 9.95. The minimum absolute atomic E-state index is 0.0370. The van der Waals surface area contributed by atoms with Crippen molar-refractivity contribution >= 4 is 80.1 Å². The second-order valence-electron chi connectivity index (χ2n) is 15.7. The van der Waals surface area contributed by atoms with Gasteiger partial charge in [0.25, 0.3) is 5.91 Å². The summed E-state index contributed by atoms with van der Waals surface area (Å²) in [5.74, 6) is -2.39. The molecule has 63 heavy (non-hydrogen) atoms. The summed E-state index contributed by atoms with van der Waals surface area (Å²) < 4.78 is 67.9. The molecule has 7 rings (SSSR count). The fourth-order valence-corrected chi connectivity index (χ4v) is 8.39. The number of carbonyl (C=O) groups excluding carboxylic acids is 4. The quantitative estimate of drug-likeness (QED) is 0.0721. The van der Waals surface area contributed by atoms with Crippen LogP contribution in [0, 0.1) is 17.1 Å². The van der Waals surface area contributed by atoms with E-state index in [4.69, 9.17) is 21.5 Å². The number of thiocarbonyl (C=S) groups is 1. The summed E-state index contributed by atoms with van der Waals surface area (Å²) in [7, 11) is 1.54. The first kappa shape index (κ1) is 44.6. The molecule has 2 aliphatic heterocycles. The van der Waals surface area contributed by atoms with Crippen molar-refractivity contribution in [1.82, 2.24) is 20.3 Å². The molecule has 2 N–H and O–H groups in total. The molecule has 3 heterocycles. The van der Waals surface area contributed by atoms with Gasteiger partial charge in [-0.1, -0.05) is 17.3 Å². The number of halogens is 4. The summed E-state index contributed by atoms with van der Waals surface area (Å²) in [4.78, 5) is 56.9. The smallest absolute Gasteiger partial charge is 0.417 e. The zero-order valence-electron chi connectivity index (χ0n) is 34.4. The Balaban J connectivity index is 0.900. The van der Waals surface area contributed by atoms with Crippen LogP contribution in [0.4, 0.5) is 34.6 Å². The van der Waals surface area contributed by atoms with Crippen molar-refractivity contribution in [2.24, 2.45) is 0 Å². The fourth-order valence-electron chi connectivity index (χ4n) is 7.87. The summed E-state index contributed by atoms with van der Waals surface area (Å²) in [6.07, 6.45) is -3.64. The summed E-state index contributed by atoms with van der Waals surface area (Å²) in [6.45, 7) is 6.38. The van der Waals surface area contributed by atoms with Crippen LogP contribution in [0.1, 0.15) is 49.4 Å². The number of benzene rings is 4. The Bertz CT molecular complexity index is 2660. The van der Waals surface area contributed by atoms with E-state index in [1.54, 1.807) is 12.1 Å². The largest absolute Gasteiger partial charge is 0.489 e. The Labute approximate surface area is 364 Å². The third-order valence-corrected chi connectivity index (χ3v) is 11.6. The van der Waals surface area contributed by atoms with Crippen LogP contribution in [0.2, 0.25) is 0 Å². The number of nitrogens with zero attached hydrogens (tertiary/aromatic N) is 6. The molecule has 2 aliphatic rings. The molecule has 19 heteroatoms. The van der Waals surface area contributed by atoms with Crippen LogP contribution in [0.5, 0.6) is 5.75 Å². The number of piperazine rings is 1. The van der Waals surface area contributed by atoms with E-state index < -0.39 is 40.5 Å². The lowest BCUT2D eigenvalue weighted by Crippen LogP contribution is -2.49. The zero-order valence-corrected chi connectivity index (χ0v) is 35.2. The predicted octanol–water partition coefficient (Wildman–Crippen LogP) is 6.37. The van der Waals surface area contributed by atoms with E-state index >= 15 is 4.39 Å². The number of ether oxygens (including phenoxy) is 1. The van der Waals surface area contributed by atoms with Gasteiger partial charge in [0, 0.05) is 63.6 Å². The van der Waals surface area contributed by atoms with E-state index in [2.05, 4.69) is 20.7 Å². The summed E-state index contributed by atoms with van der Waals surface area (Å²) >= 11 is 5.56. The number of nitrogens with one attached hydrogen (secondary N) is 2. The lowest BCUT2D eigenvalue weighted by molar-refractivity contribution is -0.137. The maximum absolute atomic E-state index is 15.5. The van der Waals surface area contributed by atoms with Crippen LogP contribution in [0.25, 0.3) is 21.7 Å². The summed E-state index contributed by atoms with van der Waals surface area (Å²) in [5.41, 5.74) is -1.61. The van der Waals surface area contributed by atoms with E-state index in [9.17, 15) is 37.6 Å². The summed E-state index contributed by atoms with van der Waals surface area (Å²) in [6, 6.07) is 17.5. The highest BCUT2D eigenvalue weighted by molar-refractivity contribution is 7.81. The first-order valence-corrected chi connectivity index (χ1v) is 20.4. The average Bonchev–Trinajstić information content (AvgIpc) is 3.76. The highest BCUT2D eigenvalue weighted by Gasteiger charge is 2.51. The number of rotatable bonds is 14. The minimum atomic E-state index is -4.85. The van der Waals surface area contributed by atoms with Gasteiger partial charge in [-0.25, -0.2) is 4.39 Å². The molecular weight excluding hydrogens is 845 g/mol. The van der Waals surface area contributed by atoms with Crippen LogP contribution in [0.3, 0.4) is 0 Å². The van der Waals surface area contributed by atoms with Gasteiger partial charge in [-0.2, -0.15) is 18.4 Å². The molecule has 0 aliphatic carbocycles. The van der Waals surface area contributed by atoms with Gasteiger partial charge in [0.05, 0.1) is 40.7 Å². The third kappa shape index (κ3) is 9.19. The van der Waals surface area contributed by atoms with Crippen LogP contribution in [-0.4, -0.2) is 103 Å². The highest BCUT2D eigenvalue weighted by atomic mass is 32.1. The van der Waals surface area contributed by atoms with E-state index in [0.717, 1.165) is 34.1 Å². The number of hydrogen-bond acceptors (Lipinski definition) is 11. The van der Waals surface area contributed by atoms with Gasteiger partial charge in [0.1, 0.15) is 24.1 Å². The molecule has 1 atom stereocenters. The number of aldehydes is 1. The standard InChI is InChI=1S/C44H42F4N8O6S/c1-43(2)41(60)55(30-8-4-27(23-49)33(21-30)44(46,47)48)42(63)56(43)31-9-12-35(34(45)22-31)61-19-18-53-14-16-54(17-15-53)24-38(59)51-29-7-10-32-26(20-29)5-11-36-39(32)40(52-62-36)28(25-57)6-13-37(58)50-3/h4-5,7-12,20-22,25,28H,6,13-19,24H2,1-3H3,(H,50,58)(H,51,59). The average molecular weight is 887 g/mol. The fraction of sp³-hybridized carbons (Fsp3) is 0.341. The van der Waals surface area contributed by atoms with E-state index in [1.807, 2.05) is 23.1 Å². The van der Waals surface area contributed by atoms with Crippen LogP contribution in [-0.2, 0) is 25.4 Å². The third-order valence-electron chi connectivity index (χ3n) is 11.3. The van der Waals surface area contributed by atoms with Gasteiger partial charge < -0.3 is 29.6 Å². The molecule has 2 saturated heterocycles. The van der Waals surface area contributed by atoms with E-state index in [-0.39, 0.29) is 60.0 Å². The van der Waals surface area contributed by atoms with Gasteiger partial charge in [0.15, 0.2) is 22.3 Å². The molecule has 0 bridgehead atoms. The lowest BCUT2D eigenvalue weighted by Gasteiger charge is -2.34. The van der Waals surface area contributed by atoms with Crippen molar-refractivity contribution < 1.29 is 46.0 Å². The number of aromatic nitrogens is 1. The first-order valence-electron chi connectivity index (χ1n) is 20.0. The number of anilines is 3. The molecule has 0 spiro atoms. The molecule has 3 amide bonds. The Morgan fingerprint density at radius 2 is 1.75 bits per heavy atom. The molecule has 5 aromatic rings. The molecular formula is C44H42F4N8O6S. The topological polar surface area (TPSA) is 164 Å². The molecule has 14 nitrogen and oxygen atoms in total. The maximum Gasteiger partial charge on any atom is 0.417 e. The van der Waals surface area contributed by atoms with Crippen molar-refractivity contribution in [2.45, 2.75) is 44.3 Å². The van der Waals surface area contributed by atoms with Gasteiger partial charge in [-0.05, 0) is 91.8 Å². The van der Waals surface area contributed by atoms with E-state index in [1.165, 1.54) is 50.1 Å². The van der Waals surface area contributed by atoms with Gasteiger partial charge in [0.2, 0.25) is 11.8 Å². The number of fused-ring (bicyclic) bond motifs is 3. The summed E-state index contributed by atoms with van der Waals surface area (Å²) in [5, 5.41) is 21.0. The zero-order chi connectivity index (χ0) is 45.2. The van der Waals surface area contributed by atoms with Crippen molar-refractivity contribution in [3.8, 4) is 11.8 Å². The van der Waals surface area contributed by atoms with Crippen molar-refractivity contribution in [3.05, 3.63) is 89.4 Å². The Kier molecular flexibility index (Phi) is 12.8. The number of nitriles is 1. The first-order chi connectivity index (χ1) is 30.0. The predicted molar refractivity (Wildman–Crippen MR) is 230 cm³/mol. The van der Waals surface area contributed by atoms with Crippen LogP contribution < -0.4 is 25.2 Å². The van der Waals surface area contributed by atoms with Crippen molar-refractivity contribution in [1.29, 1.82) is 5.26 Å². The molecule has 0 radical (unpaired) electrons. The van der Waals surface area contributed by atoms with Gasteiger partial charge in [-0.15, -0.1) is 0 Å². The molecule has 1 unspecified atom stereocenters. The van der Waals surface area contributed by atoms with Gasteiger partial charge >= 0.3 is 6.18 Å². The highest BCUT2D eigenvalue weighted by Crippen LogP contribution is 2.41. The Morgan fingerprint density at radius 3 is 2.43 bits per heavy atom.